The lowest BCUT2D eigenvalue weighted by Crippen LogP contribution is -2.32. The zero-order chi connectivity index (χ0) is 40.9. The standard InChI is InChI=1S/C59H47NO/c1-58(2,3)41-36-52-57(47-20-9-13-25-51(47)59(52)49-23-11-7-18-45(49)46-19-8-12-24-50(46)59)53(37-41)60(42-32-28-39(29-33-42)38-16-5-4-6-17-38)43-34-30-40(31-35-43)44-22-15-27-55-56(44)48-21-10-14-26-54(48)61-55/h4-5,7-16,18-32,34-37,42H,6,17,33H2,1-3H3. The Morgan fingerprint density at radius 2 is 1.30 bits per heavy atom. The van der Waals surface area contributed by atoms with Crippen molar-refractivity contribution in [2.24, 2.45) is 0 Å². The first kappa shape index (κ1) is 36.0. The third-order valence-corrected chi connectivity index (χ3v) is 13.9. The maximum atomic E-state index is 6.33. The Hall–Kier alpha value is -6.90. The molecule has 0 fully saturated rings. The third kappa shape index (κ3) is 5.34. The molecule has 294 valence electrons. The van der Waals surface area contributed by atoms with Crippen LogP contribution in [0.4, 0.5) is 11.4 Å². The number of hydrogen-bond donors (Lipinski definition) is 0. The van der Waals surface area contributed by atoms with E-state index in [1.807, 2.05) is 6.07 Å². The molecule has 0 aliphatic heterocycles. The molecule has 4 aliphatic rings. The molecule has 1 atom stereocenters. The Morgan fingerprint density at radius 3 is 1.98 bits per heavy atom. The zero-order valence-corrected chi connectivity index (χ0v) is 35.0. The molecular formula is C59H47NO. The molecule has 1 aromatic heterocycles. The van der Waals surface area contributed by atoms with E-state index in [1.54, 1.807) is 0 Å². The smallest absolute Gasteiger partial charge is 0.136 e. The van der Waals surface area contributed by atoms with Gasteiger partial charge in [-0.1, -0.05) is 179 Å². The highest BCUT2D eigenvalue weighted by Gasteiger charge is 2.53. The highest BCUT2D eigenvalue weighted by atomic mass is 16.3. The number of allylic oxidation sites excluding steroid dienone is 6. The molecule has 7 aromatic carbocycles. The Morgan fingerprint density at radius 1 is 0.639 bits per heavy atom. The topological polar surface area (TPSA) is 16.4 Å². The summed E-state index contributed by atoms with van der Waals surface area (Å²) >= 11 is 0. The van der Waals surface area contributed by atoms with E-state index in [0.717, 1.165) is 41.2 Å². The van der Waals surface area contributed by atoms with Crippen molar-refractivity contribution in [3.8, 4) is 33.4 Å². The van der Waals surface area contributed by atoms with Crippen molar-refractivity contribution in [2.75, 3.05) is 4.90 Å². The van der Waals surface area contributed by atoms with Gasteiger partial charge in [0.2, 0.25) is 0 Å². The molecule has 1 heterocycles. The van der Waals surface area contributed by atoms with Crippen molar-refractivity contribution >= 4 is 33.3 Å². The van der Waals surface area contributed by atoms with Crippen molar-refractivity contribution in [3.63, 3.8) is 0 Å². The number of anilines is 2. The molecule has 1 unspecified atom stereocenters. The summed E-state index contributed by atoms with van der Waals surface area (Å²) in [5.41, 5.74) is 21.0. The summed E-state index contributed by atoms with van der Waals surface area (Å²) in [4.78, 5) is 2.66. The molecule has 0 amide bonds. The SMILES string of the molecule is CC(C)(C)c1cc(N(c2ccc(-c3cccc4oc5ccccc5c34)cc2)C2C=CC(C3=CC=CCC3)=CC2)c2c(c1)C1(c3ccccc3-c3ccccc31)c1ccccc1-2. The molecule has 2 nitrogen and oxygen atoms in total. The molecule has 0 bridgehead atoms. The van der Waals surface area contributed by atoms with E-state index in [-0.39, 0.29) is 11.5 Å². The van der Waals surface area contributed by atoms with Gasteiger partial charge in [0.1, 0.15) is 11.2 Å². The first-order valence-electron chi connectivity index (χ1n) is 21.9. The highest BCUT2D eigenvalue weighted by Crippen LogP contribution is 2.65. The van der Waals surface area contributed by atoms with E-state index in [4.69, 9.17) is 4.42 Å². The first-order chi connectivity index (χ1) is 29.9. The van der Waals surface area contributed by atoms with E-state index in [1.165, 1.54) is 83.7 Å². The fourth-order valence-electron chi connectivity index (χ4n) is 11.0. The van der Waals surface area contributed by atoms with Gasteiger partial charge in [-0.2, -0.15) is 0 Å². The summed E-state index contributed by atoms with van der Waals surface area (Å²) in [6.07, 6.45) is 17.2. The van der Waals surface area contributed by atoms with Gasteiger partial charge in [0.15, 0.2) is 0 Å². The molecule has 4 aliphatic carbocycles. The van der Waals surface area contributed by atoms with Gasteiger partial charge >= 0.3 is 0 Å². The van der Waals surface area contributed by atoms with Crippen LogP contribution in [0.25, 0.3) is 55.3 Å². The number of nitrogens with zero attached hydrogens (tertiary/aromatic N) is 1. The number of rotatable bonds is 5. The van der Waals surface area contributed by atoms with E-state index in [9.17, 15) is 0 Å². The molecule has 0 saturated carbocycles. The Balaban J connectivity index is 1.10. The molecule has 0 radical (unpaired) electrons. The quantitative estimate of drug-likeness (QED) is 0.173. The number of furan rings is 1. The lowest BCUT2D eigenvalue weighted by molar-refractivity contribution is 0.588. The summed E-state index contributed by atoms with van der Waals surface area (Å²) in [5, 5.41) is 2.31. The summed E-state index contributed by atoms with van der Waals surface area (Å²) < 4.78 is 6.33. The summed E-state index contributed by atoms with van der Waals surface area (Å²) in [6.45, 7) is 7.10. The maximum absolute atomic E-state index is 6.33. The minimum Gasteiger partial charge on any atom is -0.456 e. The molecule has 0 N–H and O–H groups in total. The summed E-state index contributed by atoms with van der Waals surface area (Å²) in [5.74, 6) is 0. The summed E-state index contributed by atoms with van der Waals surface area (Å²) in [6, 6.07) is 56.9. The molecule has 12 rings (SSSR count). The number of benzene rings is 7. The lowest BCUT2D eigenvalue weighted by Gasteiger charge is -2.37. The monoisotopic (exact) mass is 785 g/mol. The van der Waals surface area contributed by atoms with Gasteiger partial charge in [0.25, 0.3) is 0 Å². The molecule has 61 heavy (non-hydrogen) atoms. The highest BCUT2D eigenvalue weighted by molar-refractivity contribution is 6.12. The van der Waals surface area contributed by atoms with E-state index < -0.39 is 5.41 Å². The Kier molecular flexibility index (Phi) is 8.00. The van der Waals surface area contributed by atoms with Crippen LogP contribution in [-0.2, 0) is 10.8 Å². The predicted octanol–water partition coefficient (Wildman–Crippen LogP) is 15.6. The normalized spacial score (nSPS) is 16.9. The van der Waals surface area contributed by atoms with Crippen molar-refractivity contribution < 1.29 is 4.42 Å². The fourth-order valence-corrected chi connectivity index (χ4v) is 11.0. The molecular weight excluding hydrogens is 739 g/mol. The zero-order valence-electron chi connectivity index (χ0n) is 35.0. The van der Waals surface area contributed by atoms with Crippen LogP contribution < -0.4 is 4.90 Å². The summed E-state index contributed by atoms with van der Waals surface area (Å²) in [7, 11) is 0. The maximum Gasteiger partial charge on any atom is 0.136 e. The molecule has 8 aromatic rings. The van der Waals surface area contributed by atoms with E-state index >= 15 is 0 Å². The van der Waals surface area contributed by atoms with Crippen molar-refractivity contribution in [3.05, 3.63) is 227 Å². The second-order valence-corrected chi connectivity index (χ2v) is 18.2. The molecule has 2 heteroatoms. The van der Waals surface area contributed by atoms with Gasteiger partial charge in [0.05, 0.1) is 17.1 Å². The van der Waals surface area contributed by atoms with Crippen LogP contribution >= 0.6 is 0 Å². The van der Waals surface area contributed by atoms with Gasteiger partial charge in [-0.05, 0) is 122 Å². The lowest BCUT2D eigenvalue weighted by atomic mass is 9.69. The third-order valence-electron chi connectivity index (χ3n) is 13.9. The van der Waals surface area contributed by atoms with Gasteiger partial charge in [-0.25, -0.2) is 0 Å². The number of fused-ring (bicyclic) bond motifs is 13. The minimum absolute atomic E-state index is 0.0989. The van der Waals surface area contributed by atoms with Crippen LogP contribution in [0, 0.1) is 0 Å². The van der Waals surface area contributed by atoms with Gasteiger partial charge in [0, 0.05) is 22.0 Å². The predicted molar refractivity (Wildman–Crippen MR) is 255 cm³/mol. The van der Waals surface area contributed by atoms with Crippen LogP contribution in [0.2, 0.25) is 0 Å². The average Bonchev–Trinajstić information content (AvgIpc) is 3.94. The minimum atomic E-state index is -0.437. The molecule has 1 spiro atoms. The van der Waals surface area contributed by atoms with Gasteiger partial charge < -0.3 is 9.32 Å². The first-order valence-corrected chi connectivity index (χ1v) is 21.9. The average molecular weight is 786 g/mol. The van der Waals surface area contributed by atoms with Crippen LogP contribution in [-0.4, -0.2) is 6.04 Å². The largest absolute Gasteiger partial charge is 0.456 e. The van der Waals surface area contributed by atoms with Crippen LogP contribution in [0.1, 0.15) is 67.9 Å². The second-order valence-electron chi connectivity index (χ2n) is 18.2. The van der Waals surface area contributed by atoms with Gasteiger partial charge in [-0.3, -0.25) is 0 Å². The second kappa shape index (κ2) is 13.6. The van der Waals surface area contributed by atoms with Crippen LogP contribution in [0.3, 0.4) is 0 Å². The molecule has 0 saturated heterocycles. The van der Waals surface area contributed by atoms with Crippen molar-refractivity contribution in [1.82, 2.24) is 0 Å². The fraction of sp³-hybridized carbons (Fsp3) is 0.153. The number of hydrogen-bond acceptors (Lipinski definition) is 2. The van der Waals surface area contributed by atoms with E-state index in [2.05, 4.69) is 208 Å². The van der Waals surface area contributed by atoms with Crippen LogP contribution in [0.15, 0.2) is 204 Å². The van der Waals surface area contributed by atoms with Crippen molar-refractivity contribution in [1.29, 1.82) is 0 Å². The van der Waals surface area contributed by atoms with Gasteiger partial charge in [-0.15, -0.1) is 0 Å². The van der Waals surface area contributed by atoms with E-state index in [0.29, 0.717) is 0 Å². The Bertz CT molecular complexity index is 3170. The number of para-hydroxylation sites is 1. The Labute approximate surface area is 358 Å². The van der Waals surface area contributed by atoms with Crippen LogP contribution in [0.5, 0.6) is 0 Å². The van der Waals surface area contributed by atoms with Crippen molar-refractivity contribution in [2.45, 2.75) is 56.9 Å².